The first-order valence-corrected chi connectivity index (χ1v) is 6.09. The third-order valence-corrected chi connectivity index (χ3v) is 3.41. The lowest BCUT2D eigenvalue weighted by atomic mass is 9.97. The summed E-state index contributed by atoms with van der Waals surface area (Å²) in [7, 11) is 0. The number of nitrogens with zero attached hydrogens (tertiary/aromatic N) is 1. The van der Waals surface area contributed by atoms with Crippen molar-refractivity contribution >= 4 is 11.6 Å². The van der Waals surface area contributed by atoms with Crippen LogP contribution in [-0.2, 0) is 11.2 Å². The number of rotatable bonds is 1. The van der Waals surface area contributed by atoms with E-state index < -0.39 is 0 Å². The van der Waals surface area contributed by atoms with E-state index in [0.717, 1.165) is 44.8 Å². The minimum atomic E-state index is 0.0568. The number of morpholine rings is 1. The highest BCUT2D eigenvalue weighted by Crippen LogP contribution is 2.27. The number of ether oxygens (including phenoxy) is 1. The molecular weight excluding hydrogens is 216 g/mol. The average molecular weight is 232 g/mol. The molecule has 2 heterocycles. The Morgan fingerprint density at radius 3 is 2.88 bits per heavy atom. The van der Waals surface area contributed by atoms with E-state index in [1.54, 1.807) is 0 Å². The van der Waals surface area contributed by atoms with Crippen molar-refractivity contribution in [3.63, 3.8) is 0 Å². The van der Waals surface area contributed by atoms with Gasteiger partial charge < -0.3 is 15.0 Å². The smallest absolute Gasteiger partial charge is 0.251 e. The molecule has 1 N–H and O–H groups in total. The summed E-state index contributed by atoms with van der Waals surface area (Å²) < 4.78 is 5.37. The third-order valence-electron chi connectivity index (χ3n) is 3.41. The summed E-state index contributed by atoms with van der Waals surface area (Å²) >= 11 is 0. The number of carbonyl (C=O) groups excluding carboxylic acids is 1. The van der Waals surface area contributed by atoms with Gasteiger partial charge in [0.25, 0.3) is 5.91 Å². The van der Waals surface area contributed by atoms with Crippen LogP contribution in [0.25, 0.3) is 0 Å². The average Bonchev–Trinajstić information content (AvgIpc) is 2.40. The molecule has 0 saturated carbocycles. The lowest BCUT2D eigenvalue weighted by molar-refractivity contribution is 0.0946. The number of benzene rings is 1. The van der Waals surface area contributed by atoms with Gasteiger partial charge in [0, 0.05) is 30.9 Å². The summed E-state index contributed by atoms with van der Waals surface area (Å²) in [6.45, 7) is 4.12. The lowest BCUT2D eigenvalue weighted by Gasteiger charge is -2.32. The molecular formula is C13H16N2O2. The standard InChI is InChI=1S/C13H16N2O2/c16-13-11-2-1-3-12(10(11)4-5-14-13)15-6-8-17-9-7-15/h1-3H,4-9H2,(H,14,16). The molecule has 0 atom stereocenters. The largest absolute Gasteiger partial charge is 0.378 e. The van der Waals surface area contributed by atoms with Crippen molar-refractivity contribution < 1.29 is 9.53 Å². The second-order valence-electron chi connectivity index (χ2n) is 4.41. The minimum Gasteiger partial charge on any atom is -0.378 e. The van der Waals surface area contributed by atoms with E-state index in [9.17, 15) is 4.79 Å². The van der Waals surface area contributed by atoms with Crippen LogP contribution in [0.5, 0.6) is 0 Å². The highest BCUT2D eigenvalue weighted by atomic mass is 16.5. The van der Waals surface area contributed by atoms with Crippen LogP contribution in [0.15, 0.2) is 18.2 Å². The van der Waals surface area contributed by atoms with Crippen molar-refractivity contribution in [3.8, 4) is 0 Å². The van der Waals surface area contributed by atoms with Gasteiger partial charge in [-0.25, -0.2) is 0 Å². The van der Waals surface area contributed by atoms with E-state index in [4.69, 9.17) is 4.74 Å². The number of fused-ring (bicyclic) bond motifs is 1. The Bertz CT molecular complexity index is 439. The molecule has 0 unspecified atom stereocenters. The Labute approximate surface area is 101 Å². The van der Waals surface area contributed by atoms with Crippen LogP contribution in [0.1, 0.15) is 15.9 Å². The van der Waals surface area contributed by atoms with Gasteiger partial charge in [0.2, 0.25) is 0 Å². The first-order valence-electron chi connectivity index (χ1n) is 6.09. The number of anilines is 1. The van der Waals surface area contributed by atoms with Crippen LogP contribution in [0.4, 0.5) is 5.69 Å². The van der Waals surface area contributed by atoms with E-state index in [-0.39, 0.29) is 5.91 Å². The van der Waals surface area contributed by atoms with Crippen molar-refractivity contribution in [1.82, 2.24) is 5.32 Å². The molecule has 3 rings (SSSR count). The molecule has 1 aromatic rings. The minimum absolute atomic E-state index is 0.0568. The molecule has 90 valence electrons. The molecule has 0 radical (unpaired) electrons. The molecule has 1 saturated heterocycles. The third kappa shape index (κ3) is 1.89. The molecule has 0 aliphatic carbocycles. The molecule has 2 aliphatic rings. The molecule has 4 heteroatoms. The van der Waals surface area contributed by atoms with Crippen LogP contribution < -0.4 is 10.2 Å². The van der Waals surface area contributed by atoms with Gasteiger partial charge in [-0.1, -0.05) is 6.07 Å². The van der Waals surface area contributed by atoms with Gasteiger partial charge in [0.1, 0.15) is 0 Å². The Morgan fingerprint density at radius 1 is 1.24 bits per heavy atom. The predicted octanol–water partition coefficient (Wildman–Crippen LogP) is 0.809. The maximum Gasteiger partial charge on any atom is 0.251 e. The van der Waals surface area contributed by atoms with Crippen molar-refractivity contribution in [2.75, 3.05) is 37.7 Å². The molecule has 17 heavy (non-hydrogen) atoms. The maximum atomic E-state index is 11.8. The maximum absolute atomic E-state index is 11.8. The fourth-order valence-electron chi connectivity index (χ4n) is 2.55. The van der Waals surface area contributed by atoms with E-state index >= 15 is 0 Å². The number of hydrogen-bond donors (Lipinski definition) is 1. The zero-order chi connectivity index (χ0) is 11.7. The first kappa shape index (κ1) is 10.6. The zero-order valence-electron chi connectivity index (χ0n) is 9.74. The van der Waals surface area contributed by atoms with Gasteiger partial charge in [-0.3, -0.25) is 4.79 Å². The summed E-state index contributed by atoms with van der Waals surface area (Å²) in [6.07, 6.45) is 0.925. The lowest BCUT2D eigenvalue weighted by Crippen LogP contribution is -2.39. The van der Waals surface area contributed by atoms with Crippen molar-refractivity contribution in [2.24, 2.45) is 0 Å². The van der Waals surface area contributed by atoms with Crippen LogP contribution >= 0.6 is 0 Å². The fourth-order valence-corrected chi connectivity index (χ4v) is 2.55. The van der Waals surface area contributed by atoms with E-state index in [2.05, 4.69) is 16.3 Å². The Morgan fingerprint density at radius 2 is 2.06 bits per heavy atom. The molecule has 0 aromatic heterocycles. The van der Waals surface area contributed by atoms with Gasteiger partial charge in [-0.15, -0.1) is 0 Å². The molecule has 4 nitrogen and oxygen atoms in total. The molecule has 0 spiro atoms. The monoisotopic (exact) mass is 232 g/mol. The molecule has 1 aromatic carbocycles. The molecule has 0 bridgehead atoms. The summed E-state index contributed by atoms with van der Waals surface area (Å²) in [4.78, 5) is 14.1. The van der Waals surface area contributed by atoms with Crippen molar-refractivity contribution in [1.29, 1.82) is 0 Å². The predicted molar refractivity (Wildman–Crippen MR) is 65.5 cm³/mol. The van der Waals surface area contributed by atoms with Gasteiger partial charge in [0.05, 0.1) is 13.2 Å². The van der Waals surface area contributed by atoms with Crippen LogP contribution in [-0.4, -0.2) is 38.8 Å². The summed E-state index contributed by atoms with van der Waals surface area (Å²) in [5.41, 5.74) is 3.24. The second kappa shape index (κ2) is 4.37. The van der Waals surface area contributed by atoms with Crippen molar-refractivity contribution in [2.45, 2.75) is 6.42 Å². The fraction of sp³-hybridized carbons (Fsp3) is 0.462. The van der Waals surface area contributed by atoms with Gasteiger partial charge >= 0.3 is 0 Å². The van der Waals surface area contributed by atoms with Gasteiger partial charge in [-0.2, -0.15) is 0 Å². The quantitative estimate of drug-likeness (QED) is 0.779. The number of carbonyl (C=O) groups is 1. The molecule has 1 amide bonds. The van der Waals surface area contributed by atoms with Gasteiger partial charge in [-0.05, 0) is 24.1 Å². The second-order valence-corrected chi connectivity index (χ2v) is 4.41. The molecule has 2 aliphatic heterocycles. The first-order chi connectivity index (χ1) is 8.36. The van der Waals surface area contributed by atoms with E-state index in [0.29, 0.717) is 0 Å². The Kier molecular flexibility index (Phi) is 2.73. The van der Waals surface area contributed by atoms with E-state index in [1.165, 1.54) is 11.3 Å². The summed E-state index contributed by atoms with van der Waals surface area (Å²) in [6, 6.07) is 5.99. The number of hydrogen-bond acceptors (Lipinski definition) is 3. The van der Waals surface area contributed by atoms with Crippen LogP contribution in [0.3, 0.4) is 0 Å². The summed E-state index contributed by atoms with van der Waals surface area (Å²) in [5, 5.41) is 2.89. The number of nitrogens with one attached hydrogen (secondary N) is 1. The summed E-state index contributed by atoms with van der Waals surface area (Å²) in [5.74, 6) is 0.0568. The number of amides is 1. The topological polar surface area (TPSA) is 41.6 Å². The normalized spacial score (nSPS) is 19.8. The van der Waals surface area contributed by atoms with E-state index in [1.807, 2.05) is 12.1 Å². The van der Waals surface area contributed by atoms with Crippen LogP contribution in [0.2, 0.25) is 0 Å². The highest BCUT2D eigenvalue weighted by molar-refractivity contribution is 5.98. The Hall–Kier alpha value is -1.55. The Balaban J connectivity index is 1.99. The highest BCUT2D eigenvalue weighted by Gasteiger charge is 2.22. The van der Waals surface area contributed by atoms with Gasteiger partial charge in [0.15, 0.2) is 0 Å². The SMILES string of the molecule is O=C1NCCc2c1cccc2N1CCOCC1. The zero-order valence-corrected chi connectivity index (χ0v) is 9.74. The molecule has 1 fully saturated rings. The van der Waals surface area contributed by atoms with Crippen molar-refractivity contribution in [3.05, 3.63) is 29.3 Å². The van der Waals surface area contributed by atoms with Crippen LogP contribution in [0, 0.1) is 0 Å².